The fourth-order valence-corrected chi connectivity index (χ4v) is 2.96. The third-order valence-electron chi connectivity index (χ3n) is 4.69. The van der Waals surface area contributed by atoms with Gasteiger partial charge in [0.05, 0.1) is 14.2 Å². The van der Waals surface area contributed by atoms with Gasteiger partial charge in [0.25, 0.3) is 0 Å². The van der Waals surface area contributed by atoms with Crippen molar-refractivity contribution in [3.05, 3.63) is 89.0 Å². The molecule has 4 heteroatoms. The Balaban J connectivity index is 1.56. The summed E-state index contributed by atoms with van der Waals surface area (Å²) in [5.74, 6) is 2.37. The smallest absolute Gasteiger partial charge is 0.161 e. The van der Waals surface area contributed by atoms with Crippen LogP contribution in [0.1, 0.15) is 22.3 Å². The van der Waals surface area contributed by atoms with E-state index in [-0.39, 0.29) is 0 Å². The minimum absolute atomic E-state index is 0.526. The summed E-state index contributed by atoms with van der Waals surface area (Å²) in [6.07, 6.45) is 0. The van der Waals surface area contributed by atoms with Crippen LogP contribution in [0.2, 0.25) is 0 Å². The highest BCUT2D eigenvalue weighted by Gasteiger charge is 2.07. The molecule has 0 saturated heterocycles. The second-order valence-electron chi connectivity index (χ2n) is 6.65. The van der Waals surface area contributed by atoms with Gasteiger partial charge < -0.3 is 19.5 Å². The van der Waals surface area contributed by atoms with Crippen LogP contribution in [0.3, 0.4) is 0 Å². The van der Waals surface area contributed by atoms with Crippen LogP contribution < -0.4 is 19.5 Å². The Labute approximate surface area is 167 Å². The third-order valence-corrected chi connectivity index (χ3v) is 4.69. The molecule has 0 heterocycles. The Bertz CT molecular complexity index is 891. The standard InChI is InChI=1S/C24H27NO3/c1-18-6-4-5-7-21(18)17-28-23-13-10-20(14-24(23)27-3)16-25-15-19-8-11-22(26-2)12-9-19/h4-14,25H,15-17H2,1-3H3. The van der Waals surface area contributed by atoms with Crippen molar-refractivity contribution in [1.82, 2.24) is 5.32 Å². The molecule has 0 saturated carbocycles. The molecular formula is C24H27NO3. The van der Waals surface area contributed by atoms with Crippen molar-refractivity contribution in [2.75, 3.05) is 14.2 Å². The maximum atomic E-state index is 5.99. The number of aryl methyl sites for hydroxylation is 1. The second-order valence-corrected chi connectivity index (χ2v) is 6.65. The summed E-state index contributed by atoms with van der Waals surface area (Å²) < 4.78 is 16.7. The first kappa shape index (κ1) is 19.8. The summed E-state index contributed by atoms with van der Waals surface area (Å²) in [5.41, 5.74) is 4.76. The summed E-state index contributed by atoms with van der Waals surface area (Å²) in [7, 11) is 3.35. The van der Waals surface area contributed by atoms with Gasteiger partial charge in [0.2, 0.25) is 0 Å². The van der Waals surface area contributed by atoms with Crippen LogP contribution in [0.4, 0.5) is 0 Å². The Morgan fingerprint density at radius 3 is 2.18 bits per heavy atom. The molecule has 0 spiro atoms. The largest absolute Gasteiger partial charge is 0.497 e. The molecule has 0 aliphatic carbocycles. The minimum Gasteiger partial charge on any atom is -0.497 e. The van der Waals surface area contributed by atoms with Gasteiger partial charge in [-0.1, -0.05) is 42.5 Å². The summed E-state index contributed by atoms with van der Waals surface area (Å²) in [5, 5.41) is 3.45. The van der Waals surface area contributed by atoms with E-state index in [0.29, 0.717) is 6.61 Å². The van der Waals surface area contributed by atoms with Crippen molar-refractivity contribution in [2.45, 2.75) is 26.6 Å². The van der Waals surface area contributed by atoms with Crippen LogP contribution in [0, 0.1) is 6.92 Å². The lowest BCUT2D eigenvalue weighted by molar-refractivity contribution is 0.283. The molecule has 1 N–H and O–H groups in total. The molecule has 0 unspecified atom stereocenters. The van der Waals surface area contributed by atoms with E-state index in [1.807, 2.05) is 36.4 Å². The van der Waals surface area contributed by atoms with E-state index in [4.69, 9.17) is 14.2 Å². The van der Waals surface area contributed by atoms with Gasteiger partial charge in [0.15, 0.2) is 11.5 Å². The van der Waals surface area contributed by atoms with Crippen LogP contribution >= 0.6 is 0 Å². The first-order chi connectivity index (χ1) is 13.7. The van der Waals surface area contributed by atoms with Crippen molar-refractivity contribution < 1.29 is 14.2 Å². The van der Waals surface area contributed by atoms with E-state index in [1.54, 1.807) is 14.2 Å². The van der Waals surface area contributed by atoms with Gasteiger partial charge in [-0.2, -0.15) is 0 Å². The monoisotopic (exact) mass is 377 g/mol. The number of benzene rings is 3. The van der Waals surface area contributed by atoms with Crippen LogP contribution in [0.25, 0.3) is 0 Å². The van der Waals surface area contributed by atoms with E-state index in [0.717, 1.165) is 35.9 Å². The summed E-state index contributed by atoms with van der Waals surface area (Å²) in [4.78, 5) is 0. The second kappa shape index (κ2) is 9.81. The number of ether oxygens (including phenoxy) is 3. The molecule has 28 heavy (non-hydrogen) atoms. The van der Waals surface area contributed by atoms with Crippen LogP contribution in [-0.4, -0.2) is 14.2 Å². The number of hydrogen-bond donors (Lipinski definition) is 1. The molecule has 0 aliphatic heterocycles. The Hall–Kier alpha value is -2.98. The topological polar surface area (TPSA) is 39.7 Å². The van der Waals surface area contributed by atoms with Crippen molar-refractivity contribution in [2.24, 2.45) is 0 Å². The summed E-state index contributed by atoms with van der Waals surface area (Å²) in [6.45, 7) is 4.16. The fourth-order valence-electron chi connectivity index (χ4n) is 2.96. The Kier molecular flexibility index (Phi) is 6.93. The molecule has 0 aromatic heterocycles. The SMILES string of the molecule is COc1ccc(CNCc2ccc(OCc3ccccc3C)c(OC)c2)cc1. The zero-order chi connectivity index (χ0) is 19.8. The lowest BCUT2D eigenvalue weighted by Crippen LogP contribution is -2.12. The zero-order valence-electron chi connectivity index (χ0n) is 16.7. The van der Waals surface area contributed by atoms with E-state index >= 15 is 0 Å². The average molecular weight is 377 g/mol. The predicted molar refractivity (Wildman–Crippen MR) is 112 cm³/mol. The molecule has 4 nitrogen and oxygen atoms in total. The predicted octanol–water partition coefficient (Wildman–Crippen LogP) is 4.88. The van der Waals surface area contributed by atoms with Gasteiger partial charge in [-0.25, -0.2) is 0 Å². The third kappa shape index (κ3) is 5.27. The molecule has 3 rings (SSSR count). The van der Waals surface area contributed by atoms with Gasteiger partial charge in [0, 0.05) is 13.1 Å². The van der Waals surface area contributed by atoms with E-state index < -0.39 is 0 Å². The molecule has 3 aromatic carbocycles. The molecule has 0 aliphatic rings. The highest BCUT2D eigenvalue weighted by Crippen LogP contribution is 2.29. The summed E-state index contributed by atoms with van der Waals surface area (Å²) in [6, 6.07) is 22.4. The zero-order valence-corrected chi connectivity index (χ0v) is 16.7. The summed E-state index contributed by atoms with van der Waals surface area (Å²) >= 11 is 0. The first-order valence-electron chi connectivity index (χ1n) is 9.37. The van der Waals surface area contributed by atoms with Crippen LogP contribution in [-0.2, 0) is 19.7 Å². The first-order valence-corrected chi connectivity index (χ1v) is 9.37. The molecule has 0 fully saturated rings. The number of methoxy groups -OCH3 is 2. The van der Waals surface area contributed by atoms with Crippen molar-refractivity contribution in [1.29, 1.82) is 0 Å². The molecule has 3 aromatic rings. The highest BCUT2D eigenvalue weighted by atomic mass is 16.5. The van der Waals surface area contributed by atoms with Crippen molar-refractivity contribution in [3.8, 4) is 17.2 Å². The minimum atomic E-state index is 0.526. The van der Waals surface area contributed by atoms with E-state index in [2.05, 4.69) is 42.6 Å². The molecule has 0 amide bonds. The average Bonchev–Trinajstić information content (AvgIpc) is 2.74. The van der Waals surface area contributed by atoms with Crippen molar-refractivity contribution in [3.63, 3.8) is 0 Å². The van der Waals surface area contributed by atoms with Gasteiger partial charge in [-0.15, -0.1) is 0 Å². The van der Waals surface area contributed by atoms with Crippen LogP contribution in [0.15, 0.2) is 66.7 Å². The molecule has 0 radical (unpaired) electrons. The molecule has 146 valence electrons. The lowest BCUT2D eigenvalue weighted by atomic mass is 10.1. The lowest BCUT2D eigenvalue weighted by Gasteiger charge is -2.14. The van der Waals surface area contributed by atoms with Crippen LogP contribution in [0.5, 0.6) is 17.2 Å². The quantitative estimate of drug-likeness (QED) is 0.577. The van der Waals surface area contributed by atoms with Gasteiger partial charge >= 0.3 is 0 Å². The van der Waals surface area contributed by atoms with Crippen molar-refractivity contribution >= 4 is 0 Å². The number of hydrogen-bond acceptors (Lipinski definition) is 4. The fraction of sp³-hybridized carbons (Fsp3) is 0.250. The van der Waals surface area contributed by atoms with Gasteiger partial charge in [0.1, 0.15) is 12.4 Å². The number of rotatable bonds is 9. The van der Waals surface area contributed by atoms with Gasteiger partial charge in [-0.05, 0) is 53.4 Å². The Morgan fingerprint density at radius 1 is 0.750 bits per heavy atom. The molecule has 0 atom stereocenters. The van der Waals surface area contributed by atoms with Gasteiger partial charge in [-0.3, -0.25) is 0 Å². The Morgan fingerprint density at radius 2 is 1.46 bits per heavy atom. The maximum Gasteiger partial charge on any atom is 0.161 e. The normalized spacial score (nSPS) is 10.5. The molecular weight excluding hydrogens is 350 g/mol. The van der Waals surface area contributed by atoms with E-state index in [9.17, 15) is 0 Å². The maximum absolute atomic E-state index is 5.99. The molecule has 0 bridgehead atoms. The van der Waals surface area contributed by atoms with E-state index in [1.165, 1.54) is 16.7 Å². The highest BCUT2D eigenvalue weighted by molar-refractivity contribution is 5.43. The number of nitrogens with one attached hydrogen (secondary N) is 1.